The normalized spacial score (nSPS) is 12.3. The van der Waals surface area contributed by atoms with Gasteiger partial charge in [0.25, 0.3) is 0 Å². The van der Waals surface area contributed by atoms with E-state index in [0.717, 1.165) is 10.8 Å². The van der Waals surface area contributed by atoms with Crippen LogP contribution in [0.25, 0.3) is 0 Å². The topological polar surface area (TPSA) is 100 Å². The number of rotatable bonds is 9. The highest BCUT2D eigenvalue weighted by atomic mass is 32.2. The molecule has 152 valence electrons. The van der Waals surface area contributed by atoms with Gasteiger partial charge in [-0.05, 0) is 24.3 Å². The van der Waals surface area contributed by atoms with E-state index in [2.05, 4.69) is 24.5 Å². The minimum absolute atomic E-state index is 0.0587. The highest BCUT2D eigenvalue weighted by Crippen LogP contribution is 2.17. The second kappa shape index (κ2) is 9.29. The van der Waals surface area contributed by atoms with E-state index >= 15 is 0 Å². The number of quaternary nitrogens is 1. The number of nitrogens with zero attached hydrogens (tertiary/aromatic N) is 1. The van der Waals surface area contributed by atoms with Crippen molar-refractivity contribution in [3.63, 3.8) is 0 Å². The standard InChI is InChI=1S/C18H30N4O4S/c1-14(23)20-15-7-9-16(10-8-15)27(25,26)22(6)11-17(24)19-12-18(2,3)13-21(4)5/h7-10H,11-13H2,1-6H3,(H,19,24)(H,20,23)/p+1. The zero-order valence-corrected chi connectivity index (χ0v) is 17.7. The molecule has 0 heterocycles. The molecule has 0 spiro atoms. The van der Waals surface area contributed by atoms with Gasteiger partial charge in [-0.2, -0.15) is 4.31 Å². The van der Waals surface area contributed by atoms with E-state index < -0.39 is 10.0 Å². The van der Waals surface area contributed by atoms with Crippen LogP contribution in [-0.2, 0) is 19.6 Å². The monoisotopic (exact) mass is 399 g/mol. The Balaban J connectivity index is 2.70. The number of nitrogens with one attached hydrogen (secondary N) is 3. The molecule has 3 N–H and O–H groups in total. The summed E-state index contributed by atoms with van der Waals surface area (Å²) in [5.74, 6) is -0.587. The van der Waals surface area contributed by atoms with Gasteiger partial charge in [-0.3, -0.25) is 9.59 Å². The molecule has 0 radical (unpaired) electrons. The lowest BCUT2D eigenvalue weighted by molar-refractivity contribution is -0.865. The summed E-state index contributed by atoms with van der Waals surface area (Å²) in [6, 6.07) is 5.82. The number of hydrogen-bond donors (Lipinski definition) is 3. The van der Waals surface area contributed by atoms with Gasteiger partial charge in [-0.25, -0.2) is 8.42 Å². The molecule has 0 aromatic heterocycles. The van der Waals surface area contributed by atoms with Crippen LogP contribution in [-0.4, -0.2) is 65.3 Å². The Morgan fingerprint density at radius 2 is 1.70 bits per heavy atom. The zero-order chi connectivity index (χ0) is 20.8. The third-order valence-electron chi connectivity index (χ3n) is 3.85. The molecular weight excluding hydrogens is 368 g/mol. The van der Waals surface area contributed by atoms with Crippen LogP contribution in [0, 0.1) is 5.41 Å². The number of anilines is 1. The fourth-order valence-corrected chi connectivity index (χ4v) is 3.92. The molecule has 0 saturated heterocycles. The fourth-order valence-electron chi connectivity index (χ4n) is 2.79. The highest BCUT2D eigenvalue weighted by molar-refractivity contribution is 7.89. The molecule has 8 nitrogen and oxygen atoms in total. The molecule has 27 heavy (non-hydrogen) atoms. The van der Waals surface area contributed by atoms with E-state index in [1.54, 1.807) is 0 Å². The van der Waals surface area contributed by atoms with Crippen molar-refractivity contribution < 1.29 is 22.9 Å². The van der Waals surface area contributed by atoms with Crippen molar-refractivity contribution in [3.8, 4) is 0 Å². The molecule has 0 aliphatic heterocycles. The Morgan fingerprint density at radius 3 is 2.19 bits per heavy atom. The number of carbonyl (C=O) groups is 2. The summed E-state index contributed by atoms with van der Waals surface area (Å²) >= 11 is 0. The second-order valence-corrected chi connectivity index (χ2v) is 9.84. The van der Waals surface area contributed by atoms with Crippen LogP contribution in [0.15, 0.2) is 29.2 Å². The van der Waals surface area contributed by atoms with E-state index in [1.807, 2.05) is 14.1 Å². The zero-order valence-electron chi connectivity index (χ0n) is 16.9. The first kappa shape index (κ1) is 23.1. The third-order valence-corrected chi connectivity index (χ3v) is 5.66. The number of sulfonamides is 1. The molecule has 0 fully saturated rings. The number of hydrogen-bond acceptors (Lipinski definition) is 4. The predicted octanol–water partition coefficient (Wildman–Crippen LogP) is -0.448. The minimum Gasteiger partial charge on any atom is -0.354 e. The quantitative estimate of drug-likeness (QED) is 0.524. The molecule has 1 rings (SSSR count). The first-order valence-corrected chi connectivity index (χ1v) is 10.2. The Hall–Kier alpha value is -1.97. The van der Waals surface area contributed by atoms with Gasteiger partial charge in [-0.1, -0.05) is 13.8 Å². The molecule has 0 bridgehead atoms. The minimum atomic E-state index is -3.80. The average Bonchev–Trinajstić information content (AvgIpc) is 2.51. The molecule has 0 aliphatic rings. The second-order valence-electron chi connectivity index (χ2n) is 7.79. The molecule has 0 unspecified atom stereocenters. The summed E-state index contributed by atoms with van der Waals surface area (Å²) in [6.07, 6.45) is 0. The number of amides is 2. The van der Waals surface area contributed by atoms with Crippen molar-refractivity contribution >= 4 is 27.5 Å². The molecule has 0 atom stereocenters. The first-order chi connectivity index (χ1) is 12.3. The average molecular weight is 400 g/mol. The van der Waals surface area contributed by atoms with Crippen LogP contribution < -0.4 is 15.5 Å². The van der Waals surface area contributed by atoms with Gasteiger partial charge >= 0.3 is 0 Å². The molecule has 0 saturated carbocycles. The van der Waals surface area contributed by atoms with E-state index in [-0.39, 0.29) is 28.7 Å². The van der Waals surface area contributed by atoms with Crippen molar-refractivity contribution in [2.45, 2.75) is 25.7 Å². The molecule has 2 amide bonds. The number of likely N-dealkylation sites (N-methyl/N-ethyl adjacent to an activating group) is 1. The van der Waals surface area contributed by atoms with Crippen LogP contribution in [0.2, 0.25) is 0 Å². The summed E-state index contributed by atoms with van der Waals surface area (Å²) in [5.41, 5.74) is 0.415. The van der Waals surface area contributed by atoms with E-state index in [4.69, 9.17) is 0 Å². The maximum atomic E-state index is 12.6. The van der Waals surface area contributed by atoms with Gasteiger partial charge in [-0.15, -0.1) is 0 Å². The van der Waals surface area contributed by atoms with Crippen molar-refractivity contribution in [1.82, 2.24) is 9.62 Å². The van der Waals surface area contributed by atoms with Crippen LogP contribution >= 0.6 is 0 Å². The Labute approximate surface area is 162 Å². The first-order valence-electron chi connectivity index (χ1n) is 8.73. The summed E-state index contributed by atoms with van der Waals surface area (Å²) < 4.78 is 26.2. The summed E-state index contributed by atoms with van der Waals surface area (Å²) in [7, 11) is 1.66. The van der Waals surface area contributed by atoms with Gasteiger partial charge in [0.2, 0.25) is 21.8 Å². The lowest BCUT2D eigenvalue weighted by Gasteiger charge is -2.26. The molecule has 1 aromatic rings. The Morgan fingerprint density at radius 1 is 1.15 bits per heavy atom. The number of benzene rings is 1. The van der Waals surface area contributed by atoms with Crippen molar-refractivity contribution in [3.05, 3.63) is 24.3 Å². The van der Waals surface area contributed by atoms with E-state index in [9.17, 15) is 18.0 Å². The summed E-state index contributed by atoms with van der Waals surface area (Å²) in [6.45, 7) is 6.56. The Kier molecular flexibility index (Phi) is 7.94. The van der Waals surface area contributed by atoms with Crippen molar-refractivity contribution in [2.75, 3.05) is 46.1 Å². The van der Waals surface area contributed by atoms with E-state index in [1.165, 1.54) is 43.1 Å². The maximum Gasteiger partial charge on any atom is 0.243 e. The fraction of sp³-hybridized carbons (Fsp3) is 0.556. The SMILES string of the molecule is CC(=O)Nc1ccc(S(=O)(=O)N(C)CC(=O)NCC(C)(C)C[NH+](C)C)cc1. The van der Waals surface area contributed by atoms with Crippen molar-refractivity contribution in [1.29, 1.82) is 0 Å². The maximum absolute atomic E-state index is 12.6. The molecule has 9 heteroatoms. The lowest BCUT2D eigenvalue weighted by Crippen LogP contribution is -3.07. The van der Waals surface area contributed by atoms with Gasteiger partial charge in [0, 0.05) is 31.6 Å². The van der Waals surface area contributed by atoms with Gasteiger partial charge < -0.3 is 15.5 Å². The van der Waals surface area contributed by atoms with Crippen LogP contribution in [0.4, 0.5) is 5.69 Å². The lowest BCUT2D eigenvalue weighted by atomic mass is 9.93. The number of carbonyl (C=O) groups excluding carboxylic acids is 2. The molecule has 0 aliphatic carbocycles. The van der Waals surface area contributed by atoms with Gasteiger partial charge in [0.1, 0.15) is 0 Å². The van der Waals surface area contributed by atoms with Crippen molar-refractivity contribution in [2.24, 2.45) is 5.41 Å². The summed E-state index contributed by atoms with van der Waals surface area (Å²) in [5, 5.41) is 5.38. The van der Waals surface area contributed by atoms with Gasteiger partial charge in [0.05, 0.1) is 32.1 Å². The smallest absolute Gasteiger partial charge is 0.243 e. The largest absolute Gasteiger partial charge is 0.354 e. The molecule has 1 aromatic carbocycles. The van der Waals surface area contributed by atoms with E-state index in [0.29, 0.717) is 12.2 Å². The Bertz CT molecular complexity index is 758. The van der Waals surface area contributed by atoms with Crippen LogP contribution in [0.1, 0.15) is 20.8 Å². The third kappa shape index (κ3) is 7.66. The van der Waals surface area contributed by atoms with Crippen LogP contribution in [0.5, 0.6) is 0 Å². The molecular formula is C18H31N4O4S+. The van der Waals surface area contributed by atoms with Crippen LogP contribution in [0.3, 0.4) is 0 Å². The van der Waals surface area contributed by atoms with Gasteiger partial charge in [0.15, 0.2) is 0 Å². The predicted molar refractivity (Wildman–Crippen MR) is 105 cm³/mol. The highest BCUT2D eigenvalue weighted by Gasteiger charge is 2.25. The summed E-state index contributed by atoms with van der Waals surface area (Å²) in [4.78, 5) is 24.5.